The van der Waals surface area contributed by atoms with Gasteiger partial charge in [0.1, 0.15) is 5.52 Å². The molecule has 1 saturated heterocycles. The van der Waals surface area contributed by atoms with Gasteiger partial charge >= 0.3 is 0 Å². The molecule has 1 amide bonds. The highest BCUT2D eigenvalue weighted by Gasteiger charge is 2.27. The summed E-state index contributed by atoms with van der Waals surface area (Å²) in [6.45, 7) is 4.01. The number of amides is 1. The fraction of sp³-hybridized carbons (Fsp3) is 0.261. The molecule has 7 heteroatoms. The highest BCUT2D eigenvalue weighted by Crippen LogP contribution is 2.29. The minimum atomic E-state index is -0.244. The van der Waals surface area contributed by atoms with E-state index in [0.29, 0.717) is 48.6 Å². The molecule has 0 bridgehead atoms. The molecule has 0 N–H and O–H groups in total. The Morgan fingerprint density at radius 2 is 1.73 bits per heavy atom. The Morgan fingerprint density at radius 3 is 2.47 bits per heavy atom. The van der Waals surface area contributed by atoms with E-state index in [-0.39, 0.29) is 11.5 Å². The number of ether oxygens (including phenoxy) is 1. The van der Waals surface area contributed by atoms with Crippen LogP contribution in [0.4, 0.5) is 0 Å². The highest BCUT2D eigenvalue weighted by atomic mass is 16.5. The molecule has 0 aliphatic carbocycles. The molecule has 1 aliphatic heterocycles. The van der Waals surface area contributed by atoms with E-state index in [1.165, 1.54) is 4.68 Å². The van der Waals surface area contributed by atoms with Crippen LogP contribution < -0.4 is 5.56 Å². The van der Waals surface area contributed by atoms with Crippen molar-refractivity contribution in [3.63, 3.8) is 0 Å². The summed E-state index contributed by atoms with van der Waals surface area (Å²) >= 11 is 0. The van der Waals surface area contributed by atoms with E-state index in [0.717, 1.165) is 16.5 Å². The molecule has 0 spiro atoms. The molecule has 30 heavy (non-hydrogen) atoms. The third-order valence-electron chi connectivity index (χ3n) is 5.72. The Kier molecular flexibility index (Phi) is 4.40. The van der Waals surface area contributed by atoms with Crippen LogP contribution in [0.2, 0.25) is 0 Å². The van der Waals surface area contributed by atoms with Crippen molar-refractivity contribution >= 4 is 27.7 Å². The van der Waals surface area contributed by atoms with Crippen molar-refractivity contribution in [2.24, 2.45) is 7.05 Å². The monoisotopic (exact) mass is 402 g/mol. The van der Waals surface area contributed by atoms with Crippen molar-refractivity contribution in [2.45, 2.75) is 6.92 Å². The van der Waals surface area contributed by atoms with E-state index < -0.39 is 0 Å². The molecule has 0 radical (unpaired) electrons. The van der Waals surface area contributed by atoms with Gasteiger partial charge in [0.05, 0.1) is 18.9 Å². The van der Waals surface area contributed by atoms with Crippen LogP contribution in [0.3, 0.4) is 0 Å². The second-order valence-electron chi connectivity index (χ2n) is 7.61. The van der Waals surface area contributed by atoms with Crippen molar-refractivity contribution in [3.8, 4) is 5.69 Å². The summed E-state index contributed by atoms with van der Waals surface area (Å²) in [6, 6.07) is 15.3. The number of para-hydroxylation sites is 1. The molecule has 2 aromatic heterocycles. The molecular weight excluding hydrogens is 380 g/mol. The molecule has 0 atom stereocenters. The number of benzene rings is 2. The number of hydrogen-bond donors (Lipinski definition) is 0. The lowest BCUT2D eigenvalue weighted by atomic mass is 10.1. The van der Waals surface area contributed by atoms with E-state index >= 15 is 0 Å². The van der Waals surface area contributed by atoms with Crippen molar-refractivity contribution in [3.05, 3.63) is 70.1 Å². The first-order valence-electron chi connectivity index (χ1n) is 10.0. The normalized spacial score (nSPS) is 14.5. The van der Waals surface area contributed by atoms with E-state index in [1.54, 1.807) is 4.90 Å². The van der Waals surface area contributed by atoms with Gasteiger partial charge in [-0.05, 0) is 25.1 Å². The molecule has 3 heterocycles. The summed E-state index contributed by atoms with van der Waals surface area (Å²) in [4.78, 5) is 28.7. The average molecular weight is 402 g/mol. The first-order valence-corrected chi connectivity index (χ1v) is 10.0. The van der Waals surface area contributed by atoms with E-state index in [1.807, 2.05) is 67.1 Å². The number of aromatic nitrogens is 3. The molecular formula is C23H22N4O3. The molecule has 7 nitrogen and oxygen atoms in total. The van der Waals surface area contributed by atoms with Crippen LogP contribution in [-0.2, 0) is 11.8 Å². The molecule has 1 fully saturated rings. The lowest BCUT2D eigenvalue weighted by molar-refractivity contribution is 0.0299. The smallest absolute Gasteiger partial charge is 0.296 e. The molecule has 4 aromatic rings. The summed E-state index contributed by atoms with van der Waals surface area (Å²) in [5, 5.41) is 6.06. The molecule has 0 saturated carbocycles. The summed E-state index contributed by atoms with van der Waals surface area (Å²) in [5.74, 6) is -0.180. The maximum Gasteiger partial charge on any atom is 0.296 e. The second-order valence-corrected chi connectivity index (χ2v) is 7.61. The number of carbonyl (C=O) groups is 1. The van der Waals surface area contributed by atoms with Crippen molar-refractivity contribution in [2.75, 3.05) is 26.3 Å². The van der Waals surface area contributed by atoms with E-state index in [4.69, 9.17) is 4.74 Å². The Balaban J connectivity index is 1.85. The number of aryl methyl sites for hydroxylation is 2. The van der Waals surface area contributed by atoms with Gasteiger partial charge in [0.15, 0.2) is 5.69 Å². The summed E-state index contributed by atoms with van der Waals surface area (Å²) in [5.41, 5.74) is 3.14. The maximum atomic E-state index is 13.5. The van der Waals surface area contributed by atoms with Crippen molar-refractivity contribution < 1.29 is 9.53 Å². The SMILES string of the molecule is Cc1ccc(-n2nc(C(=O)N3CCOCC3)c3c4ccccc4n(C)c3c2=O)cc1. The Morgan fingerprint density at radius 1 is 1.03 bits per heavy atom. The molecule has 0 unspecified atom stereocenters. The zero-order valence-electron chi connectivity index (χ0n) is 17.0. The number of nitrogens with zero attached hydrogens (tertiary/aromatic N) is 4. The highest BCUT2D eigenvalue weighted by molar-refractivity contribution is 6.16. The first kappa shape index (κ1) is 18.6. The molecule has 152 valence electrons. The predicted octanol–water partition coefficient (Wildman–Crippen LogP) is 2.66. The van der Waals surface area contributed by atoms with Gasteiger partial charge in [-0.2, -0.15) is 9.78 Å². The van der Waals surface area contributed by atoms with Gasteiger partial charge in [0, 0.05) is 36.4 Å². The van der Waals surface area contributed by atoms with E-state index in [9.17, 15) is 9.59 Å². The average Bonchev–Trinajstić information content (AvgIpc) is 3.08. The van der Waals surface area contributed by atoms with Crippen LogP contribution >= 0.6 is 0 Å². The Labute approximate surface area is 173 Å². The Hall–Kier alpha value is -3.45. The van der Waals surface area contributed by atoms with Crippen LogP contribution in [0.5, 0.6) is 0 Å². The Bertz CT molecular complexity index is 1330. The molecule has 1 aliphatic rings. The van der Waals surface area contributed by atoms with Crippen LogP contribution in [0.15, 0.2) is 53.3 Å². The van der Waals surface area contributed by atoms with Gasteiger partial charge in [-0.3, -0.25) is 9.59 Å². The minimum Gasteiger partial charge on any atom is -0.378 e. The van der Waals surface area contributed by atoms with Crippen LogP contribution in [0.25, 0.3) is 27.5 Å². The quantitative estimate of drug-likeness (QED) is 0.517. The van der Waals surface area contributed by atoms with Crippen LogP contribution in [0.1, 0.15) is 16.1 Å². The number of rotatable bonds is 2. The van der Waals surface area contributed by atoms with E-state index in [2.05, 4.69) is 5.10 Å². The third kappa shape index (κ3) is 2.81. The van der Waals surface area contributed by atoms with Gasteiger partial charge in [-0.15, -0.1) is 0 Å². The van der Waals surface area contributed by atoms with Gasteiger partial charge in [-0.1, -0.05) is 35.9 Å². The summed E-state index contributed by atoms with van der Waals surface area (Å²) < 4.78 is 8.60. The van der Waals surface area contributed by atoms with Crippen LogP contribution in [0, 0.1) is 6.92 Å². The van der Waals surface area contributed by atoms with Gasteiger partial charge in [0.2, 0.25) is 0 Å². The lowest BCUT2D eigenvalue weighted by Crippen LogP contribution is -2.42. The standard InChI is InChI=1S/C23H22N4O3/c1-15-7-9-16(10-8-15)27-23(29)21-19(17-5-3-4-6-18(17)25(21)2)20(24-27)22(28)26-11-13-30-14-12-26/h3-10H,11-14H2,1-2H3. The number of carbonyl (C=O) groups excluding carboxylic acids is 1. The van der Waals surface area contributed by atoms with Gasteiger partial charge < -0.3 is 14.2 Å². The minimum absolute atomic E-state index is 0.180. The summed E-state index contributed by atoms with van der Waals surface area (Å²) in [7, 11) is 1.86. The third-order valence-corrected chi connectivity index (χ3v) is 5.72. The molecule has 5 rings (SSSR count). The summed E-state index contributed by atoms with van der Waals surface area (Å²) in [6.07, 6.45) is 0. The zero-order chi connectivity index (χ0) is 20.8. The topological polar surface area (TPSA) is 69.4 Å². The number of fused-ring (bicyclic) bond motifs is 3. The van der Waals surface area contributed by atoms with Crippen LogP contribution in [-0.4, -0.2) is 51.5 Å². The second kappa shape index (κ2) is 7.11. The number of morpholine rings is 1. The fourth-order valence-electron chi connectivity index (χ4n) is 4.11. The van der Waals surface area contributed by atoms with Crippen molar-refractivity contribution in [1.29, 1.82) is 0 Å². The van der Waals surface area contributed by atoms with Crippen molar-refractivity contribution in [1.82, 2.24) is 19.2 Å². The van der Waals surface area contributed by atoms with Gasteiger partial charge in [-0.25, -0.2) is 0 Å². The fourth-order valence-corrected chi connectivity index (χ4v) is 4.11. The molecule has 2 aromatic carbocycles. The first-order chi connectivity index (χ1) is 14.6. The number of hydrogen-bond acceptors (Lipinski definition) is 4. The predicted molar refractivity (Wildman–Crippen MR) is 115 cm³/mol. The maximum absolute atomic E-state index is 13.5. The van der Waals surface area contributed by atoms with Gasteiger partial charge in [0.25, 0.3) is 11.5 Å². The lowest BCUT2D eigenvalue weighted by Gasteiger charge is -2.26. The largest absolute Gasteiger partial charge is 0.378 e. The zero-order valence-corrected chi connectivity index (χ0v) is 17.0.